The summed E-state index contributed by atoms with van der Waals surface area (Å²) in [5.41, 5.74) is 1.14. The second kappa shape index (κ2) is 9.42. The molecule has 1 heterocycles. The summed E-state index contributed by atoms with van der Waals surface area (Å²) in [6, 6.07) is 9.89. The van der Waals surface area contributed by atoms with Crippen LogP contribution in [0.4, 0.5) is 4.79 Å². The number of benzene rings is 1. The Morgan fingerprint density at radius 3 is 2.32 bits per heavy atom. The van der Waals surface area contributed by atoms with Crippen molar-refractivity contribution in [3.8, 4) is 0 Å². The van der Waals surface area contributed by atoms with Crippen molar-refractivity contribution in [2.24, 2.45) is 0 Å². The highest BCUT2D eigenvalue weighted by Gasteiger charge is 2.29. The van der Waals surface area contributed by atoms with Crippen LogP contribution in [0, 0.1) is 0 Å². The number of carbonyl (C=O) groups is 2. The molecule has 1 atom stereocenters. The second-order valence-corrected chi connectivity index (χ2v) is 6.37. The van der Waals surface area contributed by atoms with Crippen LogP contribution in [0.5, 0.6) is 0 Å². The number of likely N-dealkylation sites (N-methyl/N-ethyl adjacent to an activating group) is 1. The molecular formula is C19H30N4O2. The van der Waals surface area contributed by atoms with E-state index in [1.54, 1.807) is 0 Å². The minimum atomic E-state index is -0.167. The molecule has 0 aliphatic carbocycles. The third kappa shape index (κ3) is 5.19. The molecule has 0 radical (unpaired) electrons. The van der Waals surface area contributed by atoms with Gasteiger partial charge in [0, 0.05) is 45.8 Å². The maximum Gasteiger partial charge on any atom is 0.317 e. The molecule has 0 saturated carbocycles. The molecule has 1 aromatic rings. The van der Waals surface area contributed by atoms with Gasteiger partial charge in [0.25, 0.3) is 0 Å². The van der Waals surface area contributed by atoms with Crippen molar-refractivity contribution < 1.29 is 9.59 Å². The molecule has 1 N–H and O–H groups in total. The monoisotopic (exact) mass is 346 g/mol. The van der Waals surface area contributed by atoms with E-state index in [4.69, 9.17) is 0 Å². The molecule has 2 rings (SSSR count). The SMILES string of the molecule is CCNC(=O)N1CCN(C(C)C(=O)N(CC)Cc2ccccc2)CC1. The quantitative estimate of drug-likeness (QED) is 0.854. The Kier molecular flexibility index (Phi) is 7.25. The zero-order valence-electron chi connectivity index (χ0n) is 15.6. The molecule has 1 fully saturated rings. The van der Waals surface area contributed by atoms with Crippen molar-refractivity contribution in [2.45, 2.75) is 33.4 Å². The summed E-state index contributed by atoms with van der Waals surface area (Å²) in [5, 5.41) is 2.83. The summed E-state index contributed by atoms with van der Waals surface area (Å²) >= 11 is 0. The first-order chi connectivity index (χ1) is 12.1. The number of carbonyl (C=O) groups excluding carboxylic acids is 2. The van der Waals surface area contributed by atoms with Gasteiger partial charge in [0.2, 0.25) is 5.91 Å². The average molecular weight is 346 g/mol. The number of amides is 3. The largest absolute Gasteiger partial charge is 0.338 e. The van der Waals surface area contributed by atoms with Gasteiger partial charge in [-0.3, -0.25) is 9.69 Å². The highest BCUT2D eigenvalue weighted by molar-refractivity contribution is 5.81. The van der Waals surface area contributed by atoms with Gasteiger partial charge in [0.15, 0.2) is 0 Å². The second-order valence-electron chi connectivity index (χ2n) is 6.37. The summed E-state index contributed by atoms with van der Waals surface area (Å²) in [6.07, 6.45) is 0. The van der Waals surface area contributed by atoms with Crippen molar-refractivity contribution in [3.63, 3.8) is 0 Å². The fourth-order valence-electron chi connectivity index (χ4n) is 3.15. The molecule has 1 saturated heterocycles. The summed E-state index contributed by atoms with van der Waals surface area (Å²) in [6.45, 7) is 10.6. The lowest BCUT2D eigenvalue weighted by atomic mass is 10.1. The van der Waals surface area contributed by atoms with E-state index in [2.05, 4.69) is 10.2 Å². The van der Waals surface area contributed by atoms with Crippen LogP contribution in [0.25, 0.3) is 0 Å². The van der Waals surface area contributed by atoms with E-state index < -0.39 is 0 Å². The van der Waals surface area contributed by atoms with Gasteiger partial charge in [-0.2, -0.15) is 0 Å². The Morgan fingerprint density at radius 1 is 1.12 bits per heavy atom. The number of piperazine rings is 1. The number of hydrogen-bond donors (Lipinski definition) is 1. The third-order valence-corrected chi connectivity index (χ3v) is 4.74. The zero-order valence-corrected chi connectivity index (χ0v) is 15.6. The first-order valence-electron chi connectivity index (χ1n) is 9.16. The third-order valence-electron chi connectivity index (χ3n) is 4.74. The van der Waals surface area contributed by atoms with Gasteiger partial charge in [-0.25, -0.2) is 4.79 Å². The lowest BCUT2D eigenvalue weighted by molar-refractivity contribution is -0.137. The molecule has 6 nitrogen and oxygen atoms in total. The van der Waals surface area contributed by atoms with Crippen LogP contribution in [-0.2, 0) is 11.3 Å². The summed E-state index contributed by atoms with van der Waals surface area (Å²) in [7, 11) is 0. The summed E-state index contributed by atoms with van der Waals surface area (Å²) in [4.78, 5) is 30.7. The standard InChI is InChI=1S/C19H30N4O2/c1-4-20-19(25)23-13-11-22(12-14-23)16(3)18(24)21(5-2)15-17-9-7-6-8-10-17/h6-10,16H,4-5,11-15H2,1-3H3,(H,20,25). The molecule has 1 aliphatic rings. The predicted molar refractivity (Wildman–Crippen MR) is 99.2 cm³/mol. The van der Waals surface area contributed by atoms with E-state index in [1.165, 1.54) is 0 Å². The molecule has 6 heteroatoms. The molecule has 0 spiro atoms. The summed E-state index contributed by atoms with van der Waals surface area (Å²) in [5.74, 6) is 0.151. The molecule has 0 bridgehead atoms. The van der Waals surface area contributed by atoms with Gasteiger partial charge in [0.05, 0.1) is 6.04 Å². The maximum atomic E-state index is 12.9. The van der Waals surface area contributed by atoms with Crippen LogP contribution in [0.3, 0.4) is 0 Å². The van der Waals surface area contributed by atoms with E-state index in [0.717, 1.165) is 18.7 Å². The summed E-state index contributed by atoms with van der Waals surface area (Å²) < 4.78 is 0. The topological polar surface area (TPSA) is 55.9 Å². The zero-order chi connectivity index (χ0) is 18.2. The average Bonchev–Trinajstić information content (AvgIpc) is 2.66. The minimum Gasteiger partial charge on any atom is -0.338 e. The fourth-order valence-corrected chi connectivity index (χ4v) is 3.15. The minimum absolute atomic E-state index is 0.0135. The van der Waals surface area contributed by atoms with Gasteiger partial charge in [0.1, 0.15) is 0 Å². The van der Waals surface area contributed by atoms with Crippen LogP contribution in [0.1, 0.15) is 26.3 Å². The van der Waals surface area contributed by atoms with Crippen molar-refractivity contribution >= 4 is 11.9 Å². The number of hydrogen-bond acceptors (Lipinski definition) is 3. The van der Waals surface area contributed by atoms with Crippen molar-refractivity contribution in [3.05, 3.63) is 35.9 Å². The van der Waals surface area contributed by atoms with E-state index >= 15 is 0 Å². The normalized spacial score (nSPS) is 16.4. The first-order valence-corrected chi connectivity index (χ1v) is 9.16. The smallest absolute Gasteiger partial charge is 0.317 e. The molecule has 25 heavy (non-hydrogen) atoms. The molecule has 1 unspecified atom stereocenters. The molecular weight excluding hydrogens is 316 g/mol. The van der Waals surface area contributed by atoms with Crippen LogP contribution >= 0.6 is 0 Å². The van der Waals surface area contributed by atoms with Gasteiger partial charge >= 0.3 is 6.03 Å². The van der Waals surface area contributed by atoms with Crippen LogP contribution in [0.15, 0.2) is 30.3 Å². The van der Waals surface area contributed by atoms with E-state index in [9.17, 15) is 9.59 Å². The lowest BCUT2D eigenvalue weighted by Gasteiger charge is -2.38. The van der Waals surface area contributed by atoms with Crippen LogP contribution < -0.4 is 5.32 Å². The number of nitrogens with zero attached hydrogens (tertiary/aromatic N) is 3. The van der Waals surface area contributed by atoms with Crippen molar-refractivity contribution in [2.75, 3.05) is 39.3 Å². The lowest BCUT2D eigenvalue weighted by Crippen LogP contribution is -2.56. The fraction of sp³-hybridized carbons (Fsp3) is 0.579. The van der Waals surface area contributed by atoms with Gasteiger partial charge < -0.3 is 15.1 Å². The number of rotatable bonds is 6. The maximum absolute atomic E-state index is 12.9. The van der Waals surface area contributed by atoms with Crippen LogP contribution in [-0.4, -0.2) is 71.9 Å². The number of urea groups is 1. The van der Waals surface area contributed by atoms with E-state index in [-0.39, 0.29) is 18.0 Å². The first kappa shape index (κ1) is 19.2. The van der Waals surface area contributed by atoms with Crippen LogP contribution in [0.2, 0.25) is 0 Å². The number of nitrogens with one attached hydrogen (secondary N) is 1. The van der Waals surface area contributed by atoms with E-state index in [1.807, 2.05) is 60.9 Å². The molecule has 138 valence electrons. The molecule has 3 amide bonds. The van der Waals surface area contributed by atoms with Gasteiger partial charge in [-0.05, 0) is 26.3 Å². The van der Waals surface area contributed by atoms with Gasteiger partial charge in [-0.1, -0.05) is 30.3 Å². The Balaban J connectivity index is 1.89. The van der Waals surface area contributed by atoms with Crippen molar-refractivity contribution in [1.82, 2.24) is 20.0 Å². The Bertz CT molecular complexity index is 556. The van der Waals surface area contributed by atoms with Crippen molar-refractivity contribution in [1.29, 1.82) is 0 Å². The highest BCUT2D eigenvalue weighted by atomic mass is 16.2. The molecule has 0 aromatic heterocycles. The molecule has 1 aromatic carbocycles. The Morgan fingerprint density at radius 2 is 1.76 bits per heavy atom. The molecule has 1 aliphatic heterocycles. The van der Waals surface area contributed by atoms with E-state index in [0.29, 0.717) is 32.7 Å². The van der Waals surface area contributed by atoms with Gasteiger partial charge in [-0.15, -0.1) is 0 Å². The Hall–Kier alpha value is -2.08. The highest BCUT2D eigenvalue weighted by Crippen LogP contribution is 2.12. The predicted octanol–water partition coefficient (Wildman–Crippen LogP) is 1.77. The Labute approximate surface area is 150 Å².